The van der Waals surface area contributed by atoms with Crippen molar-refractivity contribution < 1.29 is 9.59 Å². The molecular weight excluding hydrogens is 366 g/mol. The van der Waals surface area contributed by atoms with Gasteiger partial charge in [-0.3, -0.25) is 9.59 Å². The van der Waals surface area contributed by atoms with Gasteiger partial charge in [0, 0.05) is 48.5 Å². The van der Waals surface area contributed by atoms with Gasteiger partial charge in [-0.05, 0) is 37.8 Å². The molecule has 156 valence electrons. The Morgan fingerprint density at radius 3 is 2.76 bits per heavy atom. The summed E-state index contributed by atoms with van der Waals surface area (Å²) in [4.78, 5) is 31.2. The Labute approximate surface area is 171 Å². The van der Waals surface area contributed by atoms with E-state index >= 15 is 0 Å². The largest absolute Gasteiger partial charge is 0.354 e. The number of piperidine rings is 1. The van der Waals surface area contributed by atoms with Gasteiger partial charge in [0.15, 0.2) is 5.65 Å². The van der Waals surface area contributed by atoms with Crippen LogP contribution in [0.4, 0.5) is 0 Å². The Hall–Kier alpha value is -2.44. The lowest BCUT2D eigenvalue weighted by atomic mass is 9.89. The van der Waals surface area contributed by atoms with Gasteiger partial charge in [0.25, 0.3) is 0 Å². The maximum absolute atomic E-state index is 12.8. The van der Waals surface area contributed by atoms with Crippen molar-refractivity contribution in [3.63, 3.8) is 0 Å². The van der Waals surface area contributed by atoms with Crippen LogP contribution < -0.4 is 5.32 Å². The zero-order valence-electron chi connectivity index (χ0n) is 17.6. The molecule has 7 heteroatoms. The number of fused-ring (bicyclic) bond motifs is 1. The number of carbonyl (C=O) groups excluding carboxylic acids is 2. The van der Waals surface area contributed by atoms with Gasteiger partial charge < -0.3 is 10.2 Å². The summed E-state index contributed by atoms with van der Waals surface area (Å²) in [5, 5.41) is 8.95. The molecule has 29 heavy (non-hydrogen) atoms. The number of likely N-dealkylation sites (tertiary alicyclic amines) is 1. The highest BCUT2D eigenvalue weighted by Gasteiger charge is 2.33. The molecule has 1 aliphatic carbocycles. The Kier molecular flexibility index (Phi) is 5.32. The highest BCUT2D eigenvalue weighted by Crippen LogP contribution is 2.33. The Morgan fingerprint density at radius 1 is 1.24 bits per heavy atom. The number of rotatable bonds is 5. The van der Waals surface area contributed by atoms with Crippen LogP contribution in [0.1, 0.15) is 58.1 Å². The summed E-state index contributed by atoms with van der Waals surface area (Å²) in [6.45, 7) is 8.60. The number of nitrogens with zero attached hydrogens (tertiary/aromatic N) is 4. The summed E-state index contributed by atoms with van der Waals surface area (Å²) >= 11 is 0. The number of hydrogen-bond donors (Lipinski definition) is 1. The fraction of sp³-hybridized carbons (Fsp3) is 0.636. The third-order valence-corrected chi connectivity index (χ3v) is 5.84. The second kappa shape index (κ2) is 7.76. The van der Waals surface area contributed by atoms with Crippen LogP contribution in [0.2, 0.25) is 0 Å². The minimum absolute atomic E-state index is 0.151. The SMILES string of the molecule is CC(C)(C)C(=O)N1CCC[C@H](c2nn(CCNC(=O)C3CC3)c3ncccc23)C1. The zero-order chi connectivity index (χ0) is 20.6. The fourth-order valence-corrected chi connectivity index (χ4v) is 4.13. The van der Waals surface area contributed by atoms with Gasteiger partial charge >= 0.3 is 0 Å². The van der Waals surface area contributed by atoms with Crippen molar-refractivity contribution in [2.24, 2.45) is 11.3 Å². The second-order valence-electron chi connectivity index (χ2n) is 9.39. The lowest BCUT2D eigenvalue weighted by Gasteiger charge is -2.36. The molecule has 2 fully saturated rings. The van der Waals surface area contributed by atoms with Crippen molar-refractivity contribution in [3.8, 4) is 0 Å². The van der Waals surface area contributed by atoms with Crippen molar-refractivity contribution in [1.29, 1.82) is 0 Å². The van der Waals surface area contributed by atoms with E-state index in [1.165, 1.54) is 0 Å². The highest BCUT2D eigenvalue weighted by molar-refractivity contribution is 5.82. The first-order valence-corrected chi connectivity index (χ1v) is 10.7. The Balaban J connectivity index is 1.52. The van der Waals surface area contributed by atoms with E-state index in [1.54, 1.807) is 6.20 Å². The summed E-state index contributed by atoms with van der Waals surface area (Å²) < 4.78 is 1.91. The zero-order valence-corrected chi connectivity index (χ0v) is 17.6. The summed E-state index contributed by atoms with van der Waals surface area (Å²) in [5.41, 5.74) is 1.50. The van der Waals surface area contributed by atoms with E-state index in [1.807, 2.05) is 36.4 Å². The van der Waals surface area contributed by atoms with Crippen LogP contribution in [0.25, 0.3) is 11.0 Å². The summed E-state index contributed by atoms with van der Waals surface area (Å²) in [6, 6.07) is 4.00. The molecule has 1 atom stereocenters. The van der Waals surface area contributed by atoms with Gasteiger partial charge in [0.2, 0.25) is 11.8 Å². The number of aromatic nitrogens is 3. The Morgan fingerprint density at radius 2 is 2.03 bits per heavy atom. The quantitative estimate of drug-likeness (QED) is 0.841. The van der Waals surface area contributed by atoms with E-state index in [-0.39, 0.29) is 29.1 Å². The van der Waals surface area contributed by atoms with Crippen LogP contribution in [-0.2, 0) is 16.1 Å². The molecule has 1 N–H and O–H groups in total. The van der Waals surface area contributed by atoms with Crippen molar-refractivity contribution in [3.05, 3.63) is 24.0 Å². The van der Waals surface area contributed by atoms with E-state index < -0.39 is 0 Å². The van der Waals surface area contributed by atoms with E-state index in [0.717, 1.165) is 49.0 Å². The molecule has 0 bridgehead atoms. The average molecular weight is 398 g/mol. The fourth-order valence-electron chi connectivity index (χ4n) is 4.13. The number of pyridine rings is 1. The van der Waals surface area contributed by atoms with Crippen molar-refractivity contribution in [1.82, 2.24) is 25.0 Å². The third kappa shape index (κ3) is 4.28. The van der Waals surface area contributed by atoms with Gasteiger partial charge in [0.05, 0.1) is 12.2 Å². The van der Waals surface area contributed by atoms with E-state index in [2.05, 4.69) is 16.4 Å². The molecule has 3 heterocycles. The maximum Gasteiger partial charge on any atom is 0.227 e. The van der Waals surface area contributed by atoms with Crippen molar-refractivity contribution >= 4 is 22.8 Å². The van der Waals surface area contributed by atoms with Crippen LogP contribution in [-0.4, -0.2) is 51.1 Å². The van der Waals surface area contributed by atoms with Gasteiger partial charge in [-0.25, -0.2) is 9.67 Å². The summed E-state index contributed by atoms with van der Waals surface area (Å²) in [5.74, 6) is 0.779. The second-order valence-corrected chi connectivity index (χ2v) is 9.39. The van der Waals surface area contributed by atoms with Crippen LogP contribution >= 0.6 is 0 Å². The van der Waals surface area contributed by atoms with Crippen LogP contribution in [0.3, 0.4) is 0 Å². The molecular formula is C22H31N5O2. The molecule has 1 aliphatic heterocycles. The number of carbonyl (C=O) groups is 2. The van der Waals surface area contributed by atoms with Gasteiger partial charge in [0.1, 0.15) is 0 Å². The maximum atomic E-state index is 12.8. The minimum atomic E-state index is -0.370. The monoisotopic (exact) mass is 397 g/mol. The third-order valence-electron chi connectivity index (χ3n) is 5.84. The predicted molar refractivity (Wildman–Crippen MR) is 111 cm³/mol. The molecule has 2 aliphatic rings. The smallest absolute Gasteiger partial charge is 0.227 e. The Bertz CT molecular complexity index is 910. The number of nitrogens with one attached hydrogen (secondary N) is 1. The lowest BCUT2D eigenvalue weighted by Crippen LogP contribution is -2.44. The molecule has 1 saturated heterocycles. The summed E-state index contributed by atoms with van der Waals surface area (Å²) in [6.07, 6.45) is 5.80. The van der Waals surface area contributed by atoms with Crippen LogP contribution in [0.5, 0.6) is 0 Å². The molecule has 2 amide bonds. The molecule has 1 saturated carbocycles. The highest BCUT2D eigenvalue weighted by atomic mass is 16.2. The molecule has 0 radical (unpaired) electrons. The molecule has 2 aromatic heterocycles. The molecule has 0 aromatic carbocycles. The molecule has 2 aromatic rings. The normalized spacial score (nSPS) is 20.1. The molecule has 0 unspecified atom stereocenters. The minimum Gasteiger partial charge on any atom is -0.354 e. The number of hydrogen-bond acceptors (Lipinski definition) is 4. The first kappa shape index (κ1) is 19.9. The van der Waals surface area contributed by atoms with Crippen LogP contribution in [0, 0.1) is 11.3 Å². The molecule has 4 rings (SSSR count). The molecule has 7 nitrogen and oxygen atoms in total. The standard InChI is InChI=1S/C22H31N5O2/c1-22(2,3)21(29)26-12-5-6-16(14-26)18-17-7-4-10-23-19(17)27(25-18)13-11-24-20(28)15-8-9-15/h4,7,10,15-16H,5-6,8-9,11-14H2,1-3H3,(H,24,28)/t16-/m0/s1. The van der Waals surface area contributed by atoms with Gasteiger partial charge in [-0.1, -0.05) is 20.8 Å². The predicted octanol–water partition coefficient (Wildman–Crippen LogP) is 2.71. The first-order valence-electron chi connectivity index (χ1n) is 10.7. The first-order chi connectivity index (χ1) is 13.8. The lowest BCUT2D eigenvalue weighted by molar-refractivity contribution is -0.140. The van der Waals surface area contributed by atoms with Crippen molar-refractivity contribution in [2.75, 3.05) is 19.6 Å². The van der Waals surface area contributed by atoms with E-state index in [9.17, 15) is 9.59 Å². The van der Waals surface area contributed by atoms with Crippen LogP contribution in [0.15, 0.2) is 18.3 Å². The average Bonchev–Trinajstić information content (AvgIpc) is 3.49. The topological polar surface area (TPSA) is 80.1 Å². The van der Waals surface area contributed by atoms with Gasteiger partial charge in [-0.15, -0.1) is 0 Å². The van der Waals surface area contributed by atoms with Crippen molar-refractivity contribution in [2.45, 2.75) is 58.9 Å². The molecule has 0 spiro atoms. The van der Waals surface area contributed by atoms with E-state index in [0.29, 0.717) is 19.6 Å². The summed E-state index contributed by atoms with van der Waals surface area (Å²) in [7, 11) is 0. The number of amides is 2. The van der Waals surface area contributed by atoms with E-state index in [4.69, 9.17) is 5.10 Å². The van der Waals surface area contributed by atoms with Gasteiger partial charge in [-0.2, -0.15) is 5.10 Å².